The van der Waals surface area contributed by atoms with Gasteiger partial charge in [0.15, 0.2) is 0 Å². The summed E-state index contributed by atoms with van der Waals surface area (Å²) >= 11 is 1.53. The summed E-state index contributed by atoms with van der Waals surface area (Å²) in [6.45, 7) is 6.36. The van der Waals surface area contributed by atoms with Crippen molar-refractivity contribution in [1.82, 2.24) is 10.3 Å². The van der Waals surface area contributed by atoms with Crippen molar-refractivity contribution in [3.63, 3.8) is 0 Å². The summed E-state index contributed by atoms with van der Waals surface area (Å²) in [5.74, 6) is -0.143. The van der Waals surface area contributed by atoms with Gasteiger partial charge in [0.2, 0.25) is 0 Å². The Morgan fingerprint density at radius 3 is 2.67 bits per heavy atom. The van der Waals surface area contributed by atoms with E-state index in [-0.39, 0.29) is 17.4 Å². The average molecular weight is 346 g/mol. The van der Waals surface area contributed by atoms with Gasteiger partial charge < -0.3 is 10.4 Å². The lowest BCUT2D eigenvalue weighted by Crippen LogP contribution is -2.35. The van der Waals surface area contributed by atoms with Gasteiger partial charge in [-0.3, -0.25) is 4.79 Å². The van der Waals surface area contributed by atoms with E-state index in [2.05, 4.69) is 22.4 Å². The fourth-order valence-corrected chi connectivity index (χ4v) is 3.49. The van der Waals surface area contributed by atoms with Crippen LogP contribution in [0.1, 0.15) is 48.3 Å². The van der Waals surface area contributed by atoms with Crippen molar-refractivity contribution in [2.45, 2.75) is 46.1 Å². The molecule has 0 radical (unpaired) electrons. The molecular formula is C19H26N2O2S. The molecule has 1 atom stereocenters. The fourth-order valence-electron chi connectivity index (χ4n) is 2.71. The van der Waals surface area contributed by atoms with Crippen LogP contribution in [0.5, 0.6) is 0 Å². The van der Waals surface area contributed by atoms with Crippen LogP contribution in [-0.4, -0.2) is 28.6 Å². The van der Waals surface area contributed by atoms with Gasteiger partial charge in [0.1, 0.15) is 5.69 Å². The lowest BCUT2D eigenvalue weighted by atomic mass is 9.87. The largest absolute Gasteiger partial charge is 0.393 e. The zero-order chi connectivity index (χ0) is 17.6. The van der Waals surface area contributed by atoms with Gasteiger partial charge in [-0.05, 0) is 30.7 Å². The smallest absolute Gasteiger partial charge is 0.270 e. The Morgan fingerprint density at radius 2 is 2.00 bits per heavy atom. The molecule has 0 saturated carbocycles. The van der Waals surface area contributed by atoms with Gasteiger partial charge in [0.05, 0.1) is 11.1 Å². The number of aliphatic hydroxyl groups is 1. The standard InChI is InChI=1S/C19H26N2O2S/c1-14(22)11-19(2,3)13-20-18(23)16-12-24-17(21-16)10-9-15-7-5-4-6-8-15/h4-8,12,14,22H,9-11,13H2,1-3H3,(H,20,23). The van der Waals surface area contributed by atoms with Gasteiger partial charge in [0.25, 0.3) is 5.91 Å². The second kappa shape index (κ2) is 8.40. The quantitative estimate of drug-likeness (QED) is 0.769. The summed E-state index contributed by atoms with van der Waals surface area (Å²) in [5.41, 5.74) is 1.62. The minimum atomic E-state index is -0.374. The molecule has 1 aromatic carbocycles. The normalized spacial score (nSPS) is 12.8. The maximum atomic E-state index is 12.2. The molecule has 2 rings (SSSR count). The van der Waals surface area contributed by atoms with Gasteiger partial charge >= 0.3 is 0 Å². The maximum Gasteiger partial charge on any atom is 0.270 e. The van der Waals surface area contributed by atoms with Crippen LogP contribution >= 0.6 is 11.3 Å². The van der Waals surface area contributed by atoms with Crippen molar-refractivity contribution >= 4 is 17.2 Å². The SMILES string of the molecule is CC(O)CC(C)(C)CNC(=O)c1csc(CCc2ccccc2)n1. The van der Waals surface area contributed by atoms with E-state index < -0.39 is 0 Å². The van der Waals surface area contributed by atoms with Gasteiger partial charge in [-0.15, -0.1) is 11.3 Å². The van der Waals surface area contributed by atoms with Gasteiger partial charge in [-0.1, -0.05) is 44.2 Å². The summed E-state index contributed by atoms with van der Waals surface area (Å²) < 4.78 is 0. The number of amides is 1. The number of rotatable bonds is 8. The highest BCUT2D eigenvalue weighted by Gasteiger charge is 2.22. The highest BCUT2D eigenvalue weighted by molar-refractivity contribution is 7.09. The number of aromatic nitrogens is 1. The van der Waals surface area contributed by atoms with E-state index >= 15 is 0 Å². The van der Waals surface area contributed by atoms with Crippen molar-refractivity contribution in [3.05, 3.63) is 52.0 Å². The summed E-state index contributed by atoms with van der Waals surface area (Å²) in [4.78, 5) is 16.7. The molecule has 0 fully saturated rings. The summed E-state index contributed by atoms with van der Waals surface area (Å²) in [5, 5.41) is 15.2. The summed E-state index contributed by atoms with van der Waals surface area (Å²) in [6, 6.07) is 10.3. The lowest BCUT2D eigenvalue weighted by molar-refractivity contribution is 0.0898. The predicted molar refractivity (Wildman–Crippen MR) is 98.4 cm³/mol. The first-order chi connectivity index (χ1) is 11.4. The van der Waals surface area contributed by atoms with Gasteiger partial charge in [-0.25, -0.2) is 4.98 Å². The van der Waals surface area contributed by atoms with Crippen molar-refractivity contribution < 1.29 is 9.90 Å². The molecule has 2 N–H and O–H groups in total. The minimum absolute atomic E-state index is 0.143. The summed E-state index contributed by atoms with van der Waals surface area (Å²) in [6.07, 6.45) is 2.04. The fraction of sp³-hybridized carbons (Fsp3) is 0.474. The highest BCUT2D eigenvalue weighted by Crippen LogP contribution is 2.21. The molecule has 4 nitrogen and oxygen atoms in total. The van der Waals surface area contributed by atoms with Crippen LogP contribution in [0.3, 0.4) is 0 Å². The predicted octanol–water partition coefficient (Wildman–Crippen LogP) is 3.46. The van der Waals surface area contributed by atoms with Crippen LogP contribution in [0, 0.1) is 5.41 Å². The molecular weight excluding hydrogens is 320 g/mol. The van der Waals surface area contributed by atoms with Crippen LogP contribution < -0.4 is 5.32 Å². The first-order valence-electron chi connectivity index (χ1n) is 8.30. The first kappa shape index (κ1) is 18.6. The lowest BCUT2D eigenvalue weighted by Gasteiger charge is -2.26. The number of aliphatic hydroxyl groups excluding tert-OH is 1. The maximum absolute atomic E-state index is 12.2. The molecule has 0 spiro atoms. The monoisotopic (exact) mass is 346 g/mol. The molecule has 1 aromatic heterocycles. The Balaban J connectivity index is 1.84. The Kier molecular flexibility index (Phi) is 6.52. The van der Waals surface area contributed by atoms with Crippen molar-refractivity contribution in [3.8, 4) is 0 Å². The third-order valence-corrected chi connectivity index (χ3v) is 4.74. The number of hydrogen-bond acceptors (Lipinski definition) is 4. The van der Waals surface area contributed by atoms with Crippen LogP contribution in [0.25, 0.3) is 0 Å². The Bertz CT molecular complexity index is 650. The molecule has 0 saturated heterocycles. The molecule has 24 heavy (non-hydrogen) atoms. The van der Waals surface area contributed by atoms with Crippen LogP contribution in [-0.2, 0) is 12.8 Å². The average Bonchev–Trinajstić information content (AvgIpc) is 2.99. The van der Waals surface area contributed by atoms with E-state index in [1.807, 2.05) is 37.4 Å². The zero-order valence-electron chi connectivity index (χ0n) is 14.6. The van der Waals surface area contributed by atoms with Crippen molar-refractivity contribution in [1.29, 1.82) is 0 Å². The van der Waals surface area contributed by atoms with E-state index in [4.69, 9.17) is 0 Å². The van der Waals surface area contributed by atoms with E-state index in [0.717, 1.165) is 17.8 Å². The minimum Gasteiger partial charge on any atom is -0.393 e. The van der Waals surface area contributed by atoms with Gasteiger partial charge in [0, 0.05) is 18.3 Å². The first-order valence-corrected chi connectivity index (χ1v) is 9.18. The van der Waals surface area contributed by atoms with E-state index in [9.17, 15) is 9.90 Å². The number of thiazole rings is 1. The molecule has 0 aliphatic heterocycles. The molecule has 0 aliphatic rings. The molecule has 1 amide bonds. The Labute approximate surface area is 148 Å². The second-order valence-electron chi connectivity index (χ2n) is 7.01. The topological polar surface area (TPSA) is 62.2 Å². The number of nitrogens with one attached hydrogen (secondary N) is 1. The van der Waals surface area contributed by atoms with E-state index in [0.29, 0.717) is 18.7 Å². The summed E-state index contributed by atoms with van der Waals surface area (Å²) in [7, 11) is 0. The molecule has 1 unspecified atom stereocenters. The Hall–Kier alpha value is -1.72. The molecule has 0 aliphatic carbocycles. The second-order valence-corrected chi connectivity index (χ2v) is 7.95. The van der Waals surface area contributed by atoms with E-state index in [1.54, 1.807) is 6.92 Å². The number of carbonyl (C=O) groups is 1. The number of carbonyl (C=O) groups excluding carboxylic acids is 1. The number of benzene rings is 1. The zero-order valence-corrected chi connectivity index (χ0v) is 15.4. The number of nitrogens with zero attached hydrogens (tertiary/aromatic N) is 1. The molecule has 5 heteroatoms. The third-order valence-electron chi connectivity index (χ3n) is 3.83. The molecule has 1 heterocycles. The van der Waals surface area contributed by atoms with Crippen molar-refractivity contribution in [2.24, 2.45) is 5.41 Å². The van der Waals surface area contributed by atoms with Crippen molar-refractivity contribution in [2.75, 3.05) is 6.54 Å². The third kappa shape index (κ3) is 6.06. The number of aryl methyl sites for hydroxylation is 2. The van der Waals surface area contributed by atoms with Gasteiger partial charge in [-0.2, -0.15) is 0 Å². The highest BCUT2D eigenvalue weighted by atomic mass is 32.1. The molecule has 2 aromatic rings. The van der Waals surface area contributed by atoms with Crippen LogP contribution in [0.15, 0.2) is 35.7 Å². The Morgan fingerprint density at radius 1 is 1.29 bits per heavy atom. The van der Waals surface area contributed by atoms with E-state index in [1.165, 1.54) is 16.9 Å². The van der Waals surface area contributed by atoms with Crippen LogP contribution in [0.4, 0.5) is 0 Å². The molecule has 130 valence electrons. The van der Waals surface area contributed by atoms with Crippen LogP contribution in [0.2, 0.25) is 0 Å². The molecule has 0 bridgehead atoms. The number of hydrogen-bond donors (Lipinski definition) is 2.